The number of hydrogen-bond acceptors (Lipinski definition) is 6. The molecule has 0 aliphatic carbocycles. The molecular weight excluding hydrogens is 416 g/mol. The van der Waals surface area contributed by atoms with E-state index < -0.39 is 4.92 Å². The molecule has 164 valence electrons. The van der Waals surface area contributed by atoms with Crippen molar-refractivity contribution >= 4 is 34.5 Å². The zero-order valence-corrected chi connectivity index (χ0v) is 18.3. The second kappa shape index (κ2) is 9.05. The normalized spacial score (nSPS) is 17.1. The number of hydrogen-bond donors (Lipinski definition) is 1. The number of benzene rings is 1. The molecule has 3 heterocycles. The summed E-state index contributed by atoms with van der Waals surface area (Å²) in [5.74, 6) is -0.301. The Morgan fingerprint density at radius 3 is 2.42 bits per heavy atom. The van der Waals surface area contributed by atoms with E-state index in [1.807, 2.05) is 19.1 Å². The number of nitro benzene ring substituents is 1. The fourth-order valence-electron chi connectivity index (χ4n) is 4.24. The summed E-state index contributed by atoms with van der Waals surface area (Å²) in [6.07, 6.45) is 3.43. The molecule has 0 spiro atoms. The van der Waals surface area contributed by atoms with Crippen LogP contribution in [0.4, 0.5) is 11.4 Å². The number of thiophene rings is 1. The molecule has 4 rings (SSSR count). The molecule has 2 aliphatic heterocycles. The third-order valence-electron chi connectivity index (χ3n) is 5.96. The smallest absolute Gasteiger partial charge is 0.282 e. The zero-order chi connectivity index (χ0) is 22.0. The fourth-order valence-corrected chi connectivity index (χ4v) is 5.01. The van der Waals surface area contributed by atoms with Crippen molar-refractivity contribution in [2.75, 3.05) is 31.1 Å². The van der Waals surface area contributed by atoms with Crippen molar-refractivity contribution in [1.29, 1.82) is 0 Å². The monoisotopic (exact) mass is 442 g/mol. The number of amides is 2. The maximum atomic E-state index is 12.9. The van der Waals surface area contributed by atoms with E-state index >= 15 is 0 Å². The van der Waals surface area contributed by atoms with Gasteiger partial charge in [-0.1, -0.05) is 0 Å². The minimum absolute atomic E-state index is 0.0367. The molecular formula is C22H26N4O4S. The topological polar surface area (TPSA) is 95.8 Å². The molecule has 0 saturated carbocycles. The highest BCUT2D eigenvalue weighted by Crippen LogP contribution is 2.29. The number of carbonyl (C=O) groups excluding carboxylic acids is 2. The highest BCUT2D eigenvalue weighted by molar-refractivity contribution is 7.13. The minimum Gasteiger partial charge on any atom is -0.371 e. The number of aryl methyl sites for hydroxylation is 1. The molecule has 8 nitrogen and oxygen atoms in total. The van der Waals surface area contributed by atoms with E-state index in [1.165, 1.54) is 17.4 Å². The fraction of sp³-hybridized carbons (Fsp3) is 0.455. The van der Waals surface area contributed by atoms with Gasteiger partial charge >= 0.3 is 0 Å². The number of carbonyl (C=O) groups is 2. The summed E-state index contributed by atoms with van der Waals surface area (Å²) in [6, 6.07) is 8.69. The molecule has 1 N–H and O–H groups in total. The Morgan fingerprint density at radius 1 is 1.10 bits per heavy atom. The van der Waals surface area contributed by atoms with E-state index in [4.69, 9.17) is 0 Å². The quantitative estimate of drug-likeness (QED) is 0.564. The van der Waals surface area contributed by atoms with Gasteiger partial charge in [0.15, 0.2) is 0 Å². The molecule has 0 unspecified atom stereocenters. The SMILES string of the molecule is Cc1ccc(C(=O)NC2CCN(c3ccc([N+](=O)[O-])c(C(=O)N4CCCC4)c3)CC2)s1. The van der Waals surface area contributed by atoms with Gasteiger partial charge in [0.2, 0.25) is 0 Å². The van der Waals surface area contributed by atoms with Gasteiger partial charge in [0.05, 0.1) is 9.80 Å². The van der Waals surface area contributed by atoms with E-state index in [-0.39, 0.29) is 29.1 Å². The second-order valence-electron chi connectivity index (χ2n) is 8.10. The van der Waals surface area contributed by atoms with Crippen molar-refractivity contribution in [3.05, 3.63) is 55.8 Å². The van der Waals surface area contributed by atoms with Crippen LogP contribution in [-0.4, -0.2) is 53.9 Å². The van der Waals surface area contributed by atoms with Crippen LogP contribution < -0.4 is 10.2 Å². The number of nitro groups is 1. The van der Waals surface area contributed by atoms with Gasteiger partial charge in [0.1, 0.15) is 5.56 Å². The lowest BCUT2D eigenvalue weighted by Gasteiger charge is -2.34. The van der Waals surface area contributed by atoms with E-state index in [9.17, 15) is 19.7 Å². The Hall–Kier alpha value is -2.94. The van der Waals surface area contributed by atoms with Crippen LogP contribution in [0.25, 0.3) is 0 Å². The van der Waals surface area contributed by atoms with Crippen molar-refractivity contribution in [1.82, 2.24) is 10.2 Å². The first-order chi connectivity index (χ1) is 14.9. The molecule has 2 fully saturated rings. The van der Waals surface area contributed by atoms with E-state index in [0.717, 1.165) is 41.1 Å². The number of rotatable bonds is 5. The van der Waals surface area contributed by atoms with Gasteiger partial charge in [-0.25, -0.2) is 0 Å². The van der Waals surface area contributed by atoms with Crippen molar-refractivity contribution in [3.8, 4) is 0 Å². The number of likely N-dealkylation sites (tertiary alicyclic amines) is 1. The van der Waals surface area contributed by atoms with E-state index in [1.54, 1.807) is 17.0 Å². The summed E-state index contributed by atoms with van der Waals surface area (Å²) in [6.45, 7) is 4.70. The van der Waals surface area contributed by atoms with Crippen LogP contribution in [0.15, 0.2) is 30.3 Å². The van der Waals surface area contributed by atoms with Crippen molar-refractivity contribution in [3.63, 3.8) is 0 Å². The minimum atomic E-state index is -0.485. The van der Waals surface area contributed by atoms with Crippen LogP contribution in [0.1, 0.15) is 50.6 Å². The molecule has 1 aromatic carbocycles. The van der Waals surface area contributed by atoms with Gasteiger partial charge in [-0.15, -0.1) is 11.3 Å². The van der Waals surface area contributed by atoms with Gasteiger partial charge in [-0.05, 0) is 56.9 Å². The number of nitrogens with one attached hydrogen (secondary N) is 1. The molecule has 2 aliphatic rings. The Balaban J connectivity index is 1.43. The molecule has 0 bridgehead atoms. The maximum absolute atomic E-state index is 12.9. The van der Waals surface area contributed by atoms with Gasteiger partial charge < -0.3 is 15.1 Å². The van der Waals surface area contributed by atoms with Crippen molar-refractivity contribution in [2.45, 2.75) is 38.6 Å². The molecule has 9 heteroatoms. The molecule has 2 aromatic rings. The Labute approximate surface area is 185 Å². The first-order valence-corrected chi connectivity index (χ1v) is 11.4. The predicted octanol–water partition coefficient (Wildman–Crippen LogP) is 3.60. The lowest BCUT2D eigenvalue weighted by molar-refractivity contribution is -0.385. The maximum Gasteiger partial charge on any atom is 0.282 e. The highest BCUT2D eigenvalue weighted by Gasteiger charge is 2.29. The molecule has 2 amide bonds. The first-order valence-electron chi connectivity index (χ1n) is 10.6. The van der Waals surface area contributed by atoms with Crippen LogP contribution in [0, 0.1) is 17.0 Å². The Kier molecular flexibility index (Phi) is 6.22. The van der Waals surface area contributed by atoms with Crippen LogP contribution in [-0.2, 0) is 0 Å². The molecule has 2 saturated heterocycles. The lowest BCUT2D eigenvalue weighted by Crippen LogP contribution is -2.44. The van der Waals surface area contributed by atoms with Gasteiger partial charge in [0, 0.05) is 48.9 Å². The van der Waals surface area contributed by atoms with Crippen molar-refractivity contribution in [2.24, 2.45) is 0 Å². The third-order valence-corrected chi connectivity index (χ3v) is 6.96. The summed E-state index contributed by atoms with van der Waals surface area (Å²) in [4.78, 5) is 41.9. The van der Waals surface area contributed by atoms with E-state index in [0.29, 0.717) is 26.2 Å². The third kappa shape index (κ3) is 4.71. The number of nitrogens with zero attached hydrogens (tertiary/aromatic N) is 3. The van der Waals surface area contributed by atoms with Crippen LogP contribution >= 0.6 is 11.3 Å². The Morgan fingerprint density at radius 2 is 1.81 bits per heavy atom. The van der Waals surface area contributed by atoms with E-state index in [2.05, 4.69) is 10.2 Å². The second-order valence-corrected chi connectivity index (χ2v) is 9.39. The number of anilines is 1. The summed E-state index contributed by atoms with van der Waals surface area (Å²) < 4.78 is 0. The summed E-state index contributed by atoms with van der Waals surface area (Å²) in [5, 5.41) is 14.6. The summed E-state index contributed by atoms with van der Waals surface area (Å²) in [7, 11) is 0. The van der Waals surface area contributed by atoms with Crippen molar-refractivity contribution < 1.29 is 14.5 Å². The molecule has 0 radical (unpaired) electrons. The molecule has 1 aromatic heterocycles. The highest BCUT2D eigenvalue weighted by atomic mass is 32.1. The summed E-state index contributed by atoms with van der Waals surface area (Å²) in [5.41, 5.74) is 0.828. The Bertz CT molecular complexity index is 991. The zero-order valence-electron chi connectivity index (χ0n) is 17.5. The molecule has 0 atom stereocenters. The van der Waals surface area contributed by atoms with Gasteiger partial charge in [-0.3, -0.25) is 19.7 Å². The largest absolute Gasteiger partial charge is 0.371 e. The van der Waals surface area contributed by atoms with Crippen LogP contribution in [0.5, 0.6) is 0 Å². The standard InChI is InChI=1S/C22H26N4O4S/c1-15-4-7-20(31-15)21(27)23-16-8-12-24(13-9-16)17-5-6-19(26(29)30)18(14-17)22(28)25-10-2-3-11-25/h4-7,14,16H,2-3,8-13H2,1H3,(H,23,27). The summed E-state index contributed by atoms with van der Waals surface area (Å²) >= 11 is 1.49. The number of piperidine rings is 1. The van der Waals surface area contributed by atoms with Crippen LogP contribution in [0.3, 0.4) is 0 Å². The predicted molar refractivity (Wildman–Crippen MR) is 120 cm³/mol. The molecule has 31 heavy (non-hydrogen) atoms. The van der Waals surface area contributed by atoms with Crippen LogP contribution in [0.2, 0.25) is 0 Å². The van der Waals surface area contributed by atoms with Gasteiger partial charge in [-0.2, -0.15) is 0 Å². The average molecular weight is 443 g/mol. The first kappa shape index (κ1) is 21.3. The lowest BCUT2D eigenvalue weighted by atomic mass is 10.0. The van der Waals surface area contributed by atoms with Gasteiger partial charge in [0.25, 0.3) is 17.5 Å². The average Bonchev–Trinajstić information content (AvgIpc) is 3.45.